The Morgan fingerprint density at radius 2 is 1.94 bits per heavy atom. The zero-order valence-electron chi connectivity index (χ0n) is 20.3. The number of nitrogens with one attached hydrogen (secondary N) is 1. The number of aliphatic imine (C=N–C) groups is 1. The number of fused-ring (bicyclic) bond motifs is 1. The summed E-state index contributed by atoms with van der Waals surface area (Å²) >= 11 is 1.70. The van der Waals surface area contributed by atoms with Gasteiger partial charge in [-0.05, 0) is 66.7 Å². The highest BCUT2D eigenvalue weighted by Gasteiger charge is 2.21. The normalized spacial score (nSPS) is 17.5. The van der Waals surface area contributed by atoms with E-state index in [9.17, 15) is 4.39 Å². The molecule has 9 heteroatoms. The maximum absolute atomic E-state index is 14.9. The van der Waals surface area contributed by atoms with Crippen LogP contribution >= 0.6 is 11.3 Å². The Morgan fingerprint density at radius 3 is 2.75 bits per heavy atom. The van der Waals surface area contributed by atoms with Crippen LogP contribution in [0.4, 0.5) is 16.0 Å². The first kappa shape index (κ1) is 22.9. The first-order chi connectivity index (χ1) is 17.5. The van der Waals surface area contributed by atoms with Crippen LogP contribution in [0, 0.1) is 5.82 Å². The molecule has 1 aromatic carbocycles. The molecule has 3 aliphatic rings. The average Bonchev–Trinajstić information content (AvgIpc) is 3.60. The summed E-state index contributed by atoms with van der Waals surface area (Å²) in [6.45, 7) is 6.22. The second kappa shape index (κ2) is 9.48. The molecule has 0 atom stereocenters. The molecule has 0 amide bonds. The van der Waals surface area contributed by atoms with E-state index in [2.05, 4.69) is 54.6 Å². The monoisotopic (exact) mass is 502 g/mol. The molecule has 0 saturated carbocycles. The average molecular weight is 503 g/mol. The highest BCUT2D eigenvalue weighted by molar-refractivity contribution is 7.11. The Morgan fingerprint density at radius 1 is 1.08 bits per heavy atom. The SMILES string of the molecule is CC1=Cc2cc(Oc3nc(NC4=NCC(c5cccs5)=C4)cc(N4CCN(C)CC4)n3)c(F)cc2C1. The number of ether oxygens (including phenoxy) is 1. The number of benzene rings is 1. The number of amidine groups is 1. The van der Waals surface area contributed by atoms with Crippen molar-refractivity contribution in [3.05, 3.63) is 69.2 Å². The molecule has 4 heterocycles. The molecule has 2 aliphatic heterocycles. The lowest BCUT2D eigenvalue weighted by Crippen LogP contribution is -2.44. The summed E-state index contributed by atoms with van der Waals surface area (Å²) in [6, 6.07) is 9.43. The Kier molecular flexibility index (Phi) is 6.02. The highest BCUT2D eigenvalue weighted by Crippen LogP contribution is 2.33. The zero-order chi connectivity index (χ0) is 24.6. The number of hydrogen-bond acceptors (Lipinski definition) is 8. The summed E-state index contributed by atoms with van der Waals surface area (Å²) in [5.74, 6) is 1.75. The third kappa shape index (κ3) is 4.76. The number of likely N-dealkylation sites (N-methyl/N-ethyl adjacent to an activating group) is 1. The number of hydrogen-bond donors (Lipinski definition) is 1. The first-order valence-electron chi connectivity index (χ1n) is 12.1. The van der Waals surface area contributed by atoms with Gasteiger partial charge in [0.15, 0.2) is 11.6 Å². The molecule has 7 nitrogen and oxygen atoms in total. The van der Waals surface area contributed by atoms with Crippen LogP contribution < -0.4 is 15.0 Å². The lowest BCUT2D eigenvalue weighted by molar-refractivity contribution is 0.311. The standard InChI is InChI=1S/C27H27FN6OS/c1-17-10-18-12-21(28)22(13-19(18)11-17)35-27-31-25(15-26(32-27)34-7-5-33(2)6-8-34)30-24-14-20(16-29-24)23-4-3-9-36-23/h3-4,9,11-15H,5-8,10,16H2,1-2H3,(H,29,30,31,32). The lowest BCUT2D eigenvalue weighted by atomic mass is 10.1. The van der Waals surface area contributed by atoms with Gasteiger partial charge in [0.2, 0.25) is 0 Å². The van der Waals surface area contributed by atoms with Crippen molar-refractivity contribution in [2.45, 2.75) is 13.3 Å². The molecule has 0 radical (unpaired) electrons. The minimum Gasteiger partial charge on any atom is -0.421 e. The van der Waals surface area contributed by atoms with Crippen LogP contribution in [0.3, 0.4) is 0 Å². The van der Waals surface area contributed by atoms with Crippen LogP contribution in [0.15, 0.2) is 52.4 Å². The number of piperazine rings is 1. The van der Waals surface area contributed by atoms with Crippen molar-refractivity contribution in [3.63, 3.8) is 0 Å². The van der Waals surface area contributed by atoms with Crippen molar-refractivity contribution in [2.75, 3.05) is 50.0 Å². The maximum atomic E-state index is 14.9. The summed E-state index contributed by atoms with van der Waals surface area (Å²) in [6.07, 6.45) is 4.86. The minimum atomic E-state index is -0.413. The van der Waals surface area contributed by atoms with Gasteiger partial charge in [0.25, 0.3) is 0 Å². The highest BCUT2D eigenvalue weighted by atomic mass is 32.1. The van der Waals surface area contributed by atoms with E-state index in [0.29, 0.717) is 12.4 Å². The molecule has 2 aromatic heterocycles. The number of halogens is 1. The summed E-state index contributed by atoms with van der Waals surface area (Å²) in [5.41, 5.74) is 4.32. The molecule has 3 aromatic rings. The van der Waals surface area contributed by atoms with Crippen LogP contribution in [-0.2, 0) is 6.42 Å². The van der Waals surface area contributed by atoms with Crippen LogP contribution in [-0.4, -0.2) is 60.5 Å². The summed E-state index contributed by atoms with van der Waals surface area (Å²) < 4.78 is 20.9. The predicted molar refractivity (Wildman–Crippen MR) is 144 cm³/mol. The summed E-state index contributed by atoms with van der Waals surface area (Å²) in [5, 5.41) is 5.38. The molecule has 1 N–H and O–H groups in total. The van der Waals surface area contributed by atoms with E-state index in [1.807, 2.05) is 25.1 Å². The van der Waals surface area contributed by atoms with Gasteiger partial charge in [0.05, 0.1) is 6.54 Å². The number of thiophene rings is 1. The number of aromatic nitrogens is 2. The van der Waals surface area contributed by atoms with Gasteiger partial charge in [-0.25, -0.2) is 4.39 Å². The number of rotatable bonds is 5. The molecule has 1 aliphatic carbocycles. The molecular formula is C27H27FN6OS. The molecule has 1 fully saturated rings. The van der Waals surface area contributed by atoms with E-state index in [1.165, 1.54) is 16.0 Å². The zero-order valence-corrected chi connectivity index (χ0v) is 21.1. The van der Waals surface area contributed by atoms with E-state index in [-0.39, 0.29) is 11.8 Å². The van der Waals surface area contributed by atoms with E-state index in [1.54, 1.807) is 23.5 Å². The van der Waals surface area contributed by atoms with E-state index < -0.39 is 5.82 Å². The molecule has 0 bridgehead atoms. The Labute approximate surface area is 213 Å². The van der Waals surface area contributed by atoms with Crippen LogP contribution in [0.2, 0.25) is 0 Å². The Balaban J connectivity index is 1.30. The number of nitrogens with zero attached hydrogens (tertiary/aromatic N) is 5. The molecule has 1 saturated heterocycles. The molecular weight excluding hydrogens is 475 g/mol. The molecule has 0 spiro atoms. The van der Waals surface area contributed by atoms with Crippen molar-refractivity contribution in [3.8, 4) is 11.8 Å². The van der Waals surface area contributed by atoms with E-state index in [4.69, 9.17) is 4.74 Å². The van der Waals surface area contributed by atoms with Gasteiger partial charge in [0.1, 0.15) is 17.5 Å². The van der Waals surface area contributed by atoms with Gasteiger partial charge in [-0.2, -0.15) is 9.97 Å². The van der Waals surface area contributed by atoms with Gasteiger partial charge in [0, 0.05) is 37.1 Å². The first-order valence-corrected chi connectivity index (χ1v) is 12.9. The number of anilines is 2. The van der Waals surface area contributed by atoms with E-state index in [0.717, 1.165) is 55.4 Å². The van der Waals surface area contributed by atoms with Crippen molar-refractivity contribution in [2.24, 2.45) is 4.99 Å². The Hall–Kier alpha value is -3.56. The lowest BCUT2D eigenvalue weighted by Gasteiger charge is -2.33. The fraction of sp³-hybridized carbons (Fsp3) is 0.296. The number of allylic oxidation sites excluding steroid dienone is 1. The third-order valence-corrected chi connectivity index (χ3v) is 7.56. The second-order valence-corrected chi connectivity index (χ2v) is 10.4. The van der Waals surface area contributed by atoms with Crippen LogP contribution in [0.5, 0.6) is 11.8 Å². The molecule has 6 rings (SSSR count). The van der Waals surface area contributed by atoms with Crippen molar-refractivity contribution in [1.82, 2.24) is 14.9 Å². The second-order valence-electron chi connectivity index (χ2n) is 9.41. The third-order valence-electron chi connectivity index (χ3n) is 6.61. The van der Waals surface area contributed by atoms with Gasteiger partial charge in [-0.3, -0.25) is 4.99 Å². The fourth-order valence-corrected chi connectivity index (χ4v) is 5.39. The fourth-order valence-electron chi connectivity index (χ4n) is 4.66. The summed E-state index contributed by atoms with van der Waals surface area (Å²) in [7, 11) is 2.11. The quantitative estimate of drug-likeness (QED) is 0.525. The Bertz CT molecular complexity index is 1390. The minimum absolute atomic E-state index is 0.104. The summed E-state index contributed by atoms with van der Waals surface area (Å²) in [4.78, 5) is 19.5. The maximum Gasteiger partial charge on any atom is 0.326 e. The smallest absolute Gasteiger partial charge is 0.326 e. The van der Waals surface area contributed by atoms with Gasteiger partial charge >= 0.3 is 6.01 Å². The van der Waals surface area contributed by atoms with Gasteiger partial charge in [-0.15, -0.1) is 11.3 Å². The van der Waals surface area contributed by atoms with E-state index >= 15 is 0 Å². The molecule has 0 unspecified atom stereocenters. The van der Waals surface area contributed by atoms with Crippen LogP contribution in [0.1, 0.15) is 22.9 Å². The van der Waals surface area contributed by atoms with Gasteiger partial charge < -0.3 is 19.9 Å². The van der Waals surface area contributed by atoms with Crippen LogP contribution in [0.25, 0.3) is 11.6 Å². The molecule has 36 heavy (non-hydrogen) atoms. The predicted octanol–water partition coefficient (Wildman–Crippen LogP) is 5.09. The largest absolute Gasteiger partial charge is 0.421 e. The topological polar surface area (TPSA) is 65.9 Å². The van der Waals surface area contributed by atoms with Crippen molar-refractivity contribution in [1.29, 1.82) is 0 Å². The van der Waals surface area contributed by atoms with Gasteiger partial charge in [-0.1, -0.05) is 17.7 Å². The molecule has 184 valence electrons. The van der Waals surface area contributed by atoms with Crippen molar-refractivity contribution >= 4 is 40.5 Å². The van der Waals surface area contributed by atoms with Crippen molar-refractivity contribution < 1.29 is 9.13 Å².